The highest BCUT2D eigenvalue weighted by atomic mass is 35.5. The van der Waals surface area contributed by atoms with Crippen molar-refractivity contribution in [3.8, 4) is 0 Å². The number of nitrogens with zero attached hydrogens (tertiary/aromatic N) is 2. The number of carbonyl (C=O) groups excluding carboxylic acids is 1. The average Bonchev–Trinajstić information content (AvgIpc) is 2.79. The molecule has 0 unspecified atom stereocenters. The Morgan fingerprint density at radius 2 is 2.20 bits per heavy atom. The smallest absolute Gasteiger partial charge is 0.322 e. The van der Waals surface area contributed by atoms with Crippen LogP contribution in [0.2, 0.25) is 0 Å². The second-order valence-corrected chi connectivity index (χ2v) is 4.16. The molecule has 1 aromatic heterocycles. The van der Waals surface area contributed by atoms with Gasteiger partial charge in [0, 0.05) is 6.54 Å². The minimum atomic E-state index is -0.566. The quantitative estimate of drug-likeness (QED) is 0.377. The molecule has 1 aromatic rings. The number of rotatable bonds is 8. The number of aryl methyl sites for hydroxylation is 1. The van der Waals surface area contributed by atoms with Gasteiger partial charge in [-0.05, 0) is 25.8 Å². The van der Waals surface area contributed by atoms with E-state index in [2.05, 4.69) is 15.5 Å². The lowest BCUT2D eigenvalue weighted by molar-refractivity contribution is -0.385. The first kappa shape index (κ1) is 18.3. The van der Waals surface area contributed by atoms with Crippen molar-refractivity contribution in [2.24, 2.45) is 5.73 Å². The molecule has 1 heterocycles. The number of hydrogen-bond acceptors (Lipinski definition) is 5. The van der Waals surface area contributed by atoms with Crippen LogP contribution in [0.3, 0.4) is 0 Å². The van der Waals surface area contributed by atoms with Crippen LogP contribution in [0.15, 0.2) is 0 Å². The van der Waals surface area contributed by atoms with Crippen molar-refractivity contribution in [1.82, 2.24) is 15.5 Å². The molecule has 0 spiro atoms. The highest BCUT2D eigenvalue weighted by Gasteiger charge is 2.28. The Bertz CT molecular complexity index is 449. The molecule has 1 rings (SSSR count). The number of unbranched alkanes of at least 4 members (excludes halogenated alkanes) is 1. The highest BCUT2D eigenvalue weighted by molar-refractivity contribution is 5.96. The van der Waals surface area contributed by atoms with Gasteiger partial charge in [0.2, 0.25) is 5.69 Å². The summed E-state index contributed by atoms with van der Waals surface area (Å²) in [4.78, 5) is 22.3. The van der Waals surface area contributed by atoms with Gasteiger partial charge in [-0.2, -0.15) is 5.10 Å². The Morgan fingerprint density at radius 3 is 2.75 bits per heavy atom. The van der Waals surface area contributed by atoms with E-state index in [1.165, 1.54) is 0 Å². The molecule has 0 fully saturated rings. The first-order valence-electron chi connectivity index (χ1n) is 6.31. The number of amides is 1. The van der Waals surface area contributed by atoms with Crippen molar-refractivity contribution in [3.05, 3.63) is 21.5 Å². The van der Waals surface area contributed by atoms with E-state index in [1.54, 1.807) is 0 Å². The minimum Gasteiger partial charge on any atom is -0.350 e. The van der Waals surface area contributed by atoms with Gasteiger partial charge in [-0.1, -0.05) is 13.3 Å². The zero-order valence-electron chi connectivity index (χ0n) is 11.3. The van der Waals surface area contributed by atoms with Crippen LogP contribution in [0.4, 0.5) is 5.69 Å². The largest absolute Gasteiger partial charge is 0.350 e. The fourth-order valence-electron chi connectivity index (χ4n) is 1.71. The Morgan fingerprint density at radius 1 is 1.50 bits per heavy atom. The van der Waals surface area contributed by atoms with Crippen LogP contribution in [0.5, 0.6) is 0 Å². The molecule has 114 valence electrons. The normalized spacial score (nSPS) is 9.90. The minimum absolute atomic E-state index is 0. The molecular weight excluding hydrogens is 286 g/mol. The number of nitrogens with two attached hydrogens (primary N) is 1. The predicted molar refractivity (Wildman–Crippen MR) is 77.1 cm³/mol. The summed E-state index contributed by atoms with van der Waals surface area (Å²) in [5.41, 5.74) is 5.35. The summed E-state index contributed by atoms with van der Waals surface area (Å²) < 4.78 is 0. The number of nitrogens with one attached hydrogen (secondary N) is 2. The van der Waals surface area contributed by atoms with Gasteiger partial charge in [-0.15, -0.1) is 12.4 Å². The van der Waals surface area contributed by atoms with E-state index >= 15 is 0 Å². The lowest BCUT2D eigenvalue weighted by Gasteiger charge is -2.02. The van der Waals surface area contributed by atoms with E-state index in [4.69, 9.17) is 5.73 Å². The maximum Gasteiger partial charge on any atom is 0.322 e. The van der Waals surface area contributed by atoms with E-state index in [-0.39, 0.29) is 23.8 Å². The van der Waals surface area contributed by atoms with E-state index in [0.29, 0.717) is 25.2 Å². The Labute approximate surface area is 123 Å². The number of aromatic nitrogens is 2. The molecule has 0 aromatic carbocycles. The summed E-state index contributed by atoms with van der Waals surface area (Å²) in [5, 5.41) is 19.9. The molecular formula is C11H20ClN5O3. The first-order valence-corrected chi connectivity index (χ1v) is 6.31. The van der Waals surface area contributed by atoms with Crippen molar-refractivity contribution >= 4 is 24.0 Å². The van der Waals surface area contributed by atoms with Gasteiger partial charge in [0.05, 0.1) is 4.92 Å². The summed E-state index contributed by atoms with van der Waals surface area (Å²) in [5.74, 6) is -0.526. The van der Waals surface area contributed by atoms with E-state index in [0.717, 1.165) is 19.3 Å². The maximum absolute atomic E-state index is 11.8. The van der Waals surface area contributed by atoms with Gasteiger partial charge >= 0.3 is 5.69 Å². The van der Waals surface area contributed by atoms with Gasteiger partial charge in [-0.25, -0.2) is 0 Å². The van der Waals surface area contributed by atoms with Crippen molar-refractivity contribution in [2.45, 2.75) is 32.6 Å². The van der Waals surface area contributed by atoms with Crippen LogP contribution < -0.4 is 11.1 Å². The van der Waals surface area contributed by atoms with Gasteiger partial charge in [0.15, 0.2) is 0 Å². The molecule has 0 aliphatic rings. The van der Waals surface area contributed by atoms with Crippen molar-refractivity contribution in [2.75, 3.05) is 13.1 Å². The van der Waals surface area contributed by atoms with Crippen LogP contribution in [-0.2, 0) is 6.42 Å². The molecule has 8 nitrogen and oxygen atoms in total. The van der Waals surface area contributed by atoms with Crippen molar-refractivity contribution < 1.29 is 9.72 Å². The molecule has 0 saturated carbocycles. The van der Waals surface area contributed by atoms with Crippen LogP contribution in [0.1, 0.15) is 42.4 Å². The van der Waals surface area contributed by atoms with E-state index in [1.807, 2.05) is 6.92 Å². The lowest BCUT2D eigenvalue weighted by Crippen LogP contribution is -2.26. The fraction of sp³-hybridized carbons (Fsp3) is 0.636. The van der Waals surface area contributed by atoms with Gasteiger partial charge in [-0.3, -0.25) is 20.0 Å². The molecule has 4 N–H and O–H groups in total. The predicted octanol–water partition coefficient (Wildman–Crippen LogP) is 1.16. The third-order valence-corrected chi connectivity index (χ3v) is 2.63. The van der Waals surface area contributed by atoms with Crippen LogP contribution >= 0.6 is 12.4 Å². The van der Waals surface area contributed by atoms with Crippen LogP contribution in [0.25, 0.3) is 0 Å². The van der Waals surface area contributed by atoms with Gasteiger partial charge in [0.1, 0.15) is 5.69 Å². The zero-order valence-corrected chi connectivity index (χ0v) is 12.2. The summed E-state index contributed by atoms with van der Waals surface area (Å²) in [6.45, 7) is 2.89. The van der Waals surface area contributed by atoms with Crippen molar-refractivity contribution in [1.29, 1.82) is 0 Å². The summed E-state index contributed by atoms with van der Waals surface area (Å²) in [6, 6.07) is 0. The SMILES string of the molecule is CCCc1[nH]nc(C(=O)NCCCCN)c1[N+](=O)[O-].Cl. The zero-order chi connectivity index (χ0) is 14.3. The number of aromatic amines is 1. The molecule has 0 saturated heterocycles. The molecule has 9 heteroatoms. The Balaban J connectivity index is 0.00000361. The lowest BCUT2D eigenvalue weighted by atomic mass is 10.2. The Hall–Kier alpha value is -1.67. The van der Waals surface area contributed by atoms with Crippen LogP contribution in [0, 0.1) is 10.1 Å². The third-order valence-electron chi connectivity index (χ3n) is 2.63. The Kier molecular flexibility index (Phi) is 8.49. The summed E-state index contributed by atoms with van der Waals surface area (Å²) >= 11 is 0. The average molecular weight is 306 g/mol. The molecule has 1 amide bonds. The summed E-state index contributed by atoms with van der Waals surface area (Å²) in [7, 11) is 0. The van der Waals surface area contributed by atoms with E-state index in [9.17, 15) is 14.9 Å². The molecule has 0 radical (unpaired) electrons. The standard InChI is InChI=1S/C11H19N5O3.ClH/c1-2-5-8-10(16(18)19)9(15-14-8)11(17)13-7-4-3-6-12;/h2-7,12H2,1H3,(H,13,17)(H,14,15);1H. The van der Waals surface area contributed by atoms with E-state index < -0.39 is 10.8 Å². The van der Waals surface area contributed by atoms with Crippen LogP contribution in [-0.4, -0.2) is 34.1 Å². The highest BCUT2D eigenvalue weighted by Crippen LogP contribution is 2.22. The molecule has 0 aliphatic heterocycles. The number of hydrogen-bond donors (Lipinski definition) is 3. The summed E-state index contributed by atoms with van der Waals surface area (Å²) in [6.07, 6.45) is 2.76. The molecule has 0 atom stereocenters. The molecule has 20 heavy (non-hydrogen) atoms. The topological polar surface area (TPSA) is 127 Å². The molecule has 0 bridgehead atoms. The second kappa shape index (κ2) is 9.27. The maximum atomic E-state index is 11.8. The second-order valence-electron chi connectivity index (χ2n) is 4.16. The van der Waals surface area contributed by atoms with Crippen molar-refractivity contribution in [3.63, 3.8) is 0 Å². The number of carbonyl (C=O) groups is 1. The monoisotopic (exact) mass is 305 g/mol. The fourth-order valence-corrected chi connectivity index (χ4v) is 1.71. The molecule has 0 aliphatic carbocycles. The number of nitro groups is 1. The van der Waals surface area contributed by atoms with Gasteiger partial charge in [0.25, 0.3) is 5.91 Å². The van der Waals surface area contributed by atoms with Gasteiger partial charge < -0.3 is 11.1 Å². The number of halogens is 1. The third kappa shape index (κ3) is 4.78. The first-order chi connectivity index (χ1) is 9.11. The number of H-pyrrole nitrogens is 1.